The first-order valence-corrected chi connectivity index (χ1v) is 22.8. The Morgan fingerprint density at radius 3 is 2.48 bits per heavy atom. The predicted octanol–water partition coefficient (Wildman–Crippen LogP) is 4.97. The van der Waals surface area contributed by atoms with Crippen molar-refractivity contribution in [3.05, 3.63) is 103 Å². The van der Waals surface area contributed by atoms with Crippen LogP contribution in [0, 0.1) is 17.1 Å². The van der Waals surface area contributed by atoms with Gasteiger partial charge in [0.05, 0.1) is 71.8 Å². The van der Waals surface area contributed by atoms with E-state index in [1.165, 1.54) is 6.07 Å². The molecular formula is C48H49FN14O3. The van der Waals surface area contributed by atoms with Crippen LogP contribution >= 0.6 is 0 Å². The minimum atomic E-state index is -0.518. The topological polar surface area (TPSA) is 178 Å². The average molecular weight is 889 g/mol. The molecule has 1 N–H and O–H groups in total. The fourth-order valence-corrected chi connectivity index (χ4v) is 10.3. The summed E-state index contributed by atoms with van der Waals surface area (Å²) in [5.41, 5.74) is 6.26. The number of nitriles is 1. The smallest absolute Gasteiger partial charge is 0.272 e. The minimum Gasteiger partial charge on any atom is -0.373 e. The van der Waals surface area contributed by atoms with Crippen LogP contribution in [0.15, 0.2) is 90.7 Å². The molecule has 1 saturated carbocycles. The number of carbonyl (C=O) groups excluding carboxylic acids is 2. The number of ether oxygens (including phenoxy) is 1. The molecule has 12 rings (SSSR count). The number of imide groups is 1. The predicted molar refractivity (Wildman–Crippen MR) is 243 cm³/mol. The van der Waals surface area contributed by atoms with E-state index in [-0.39, 0.29) is 48.5 Å². The van der Waals surface area contributed by atoms with Crippen LogP contribution in [-0.2, 0) is 20.9 Å². The summed E-state index contributed by atoms with van der Waals surface area (Å²) >= 11 is 0. The van der Waals surface area contributed by atoms with E-state index in [1.807, 2.05) is 49.1 Å². The molecule has 5 aliphatic heterocycles. The first kappa shape index (κ1) is 41.7. The molecule has 1 aliphatic carbocycles. The fourth-order valence-electron chi connectivity index (χ4n) is 10.3. The number of carbonyl (C=O) groups is 2. The third-order valence-electron chi connectivity index (χ3n) is 13.8. The van der Waals surface area contributed by atoms with Gasteiger partial charge >= 0.3 is 0 Å². The van der Waals surface area contributed by atoms with Gasteiger partial charge in [0.15, 0.2) is 0 Å². The second-order valence-corrected chi connectivity index (χ2v) is 17.9. The maximum absolute atomic E-state index is 15.3. The SMILES string of the molecule is N#Cc1cnn2cc(-c3cnn(C4CCC(N5CCN(c6ccc(N=C7CCC(=O)NC7=O)cc6F)CC5)CC4)c3)nc(-c3ccc(N4CC5CN(Cc6ccccn6)C(CO5)C4)nc3)c12. The van der Waals surface area contributed by atoms with E-state index >= 15 is 4.39 Å². The van der Waals surface area contributed by atoms with Gasteiger partial charge in [0.25, 0.3) is 5.91 Å². The van der Waals surface area contributed by atoms with Crippen LogP contribution < -0.4 is 15.1 Å². The molecule has 18 heteroatoms. The number of nitrogens with zero attached hydrogens (tertiary/aromatic N) is 13. The second-order valence-electron chi connectivity index (χ2n) is 17.9. The summed E-state index contributed by atoms with van der Waals surface area (Å²) in [6.07, 6.45) is 15.6. The first-order chi connectivity index (χ1) is 32.3. The quantitative estimate of drug-likeness (QED) is 0.193. The number of hydrogen-bond acceptors (Lipinski definition) is 14. The second kappa shape index (κ2) is 17.8. The van der Waals surface area contributed by atoms with Crippen molar-refractivity contribution >= 4 is 40.2 Å². The van der Waals surface area contributed by atoms with E-state index in [9.17, 15) is 14.9 Å². The molecule has 5 saturated heterocycles. The Kier molecular flexibility index (Phi) is 11.3. The molecule has 1 aromatic carbocycles. The van der Waals surface area contributed by atoms with Crippen molar-refractivity contribution < 1.29 is 18.7 Å². The Hall–Kier alpha value is -6.94. The first-order valence-electron chi connectivity index (χ1n) is 22.8. The Labute approximate surface area is 380 Å². The molecule has 17 nitrogen and oxygen atoms in total. The molecular weight excluding hydrogens is 840 g/mol. The zero-order valence-corrected chi connectivity index (χ0v) is 36.4. The van der Waals surface area contributed by atoms with Gasteiger partial charge in [0, 0.05) is 107 Å². The van der Waals surface area contributed by atoms with Crippen LogP contribution in [0.4, 0.5) is 21.6 Å². The standard InChI is InChI=1S/C48H49FN14O3/c49-40-19-34(55-41-10-13-45(64)57-48(41)65)5-11-43(40)59-17-15-58(16-18-59)36-6-8-37(9-7-36)62-24-33(23-53-62)42-29-63-47(32(20-50)22-54-63)46(56-42)31-4-12-44(52-21-31)61-26-38-30-66-39(28-61)27-60(38)25-35-3-1-2-14-51-35/h1-5,11-12,14,19,21-24,29,36-39H,6-10,13,15-18,25-28,30H2,(H,57,64,65). The Morgan fingerprint density at radius 2 is 1.71 bits per heavy atom. The van der Waals surface area contributed by atoms with Crippen molar-refractivity contribution in [1.82, 2.24) is 49.5 Å². The fraction of sp³-hybridized carbons (Fsp3) is 0.396. The summed E-state index contributed by atoms with van der Waals surface area (Å²) in [5.74, 6) is -0.340. The van der Waals surface area contributed by atoms with Gasteiger partial charge in [0.2, 0.25) is 5.91 Å². The number of piperidine rings is 1. The summed E-state index contributed by atoms with van der Waals surface area (Å²) < 4.78 is 25.4. The highest BCUT2D eigenvalue weighted by atomic mass is 19.1. The number of rotatable bonds is 9. The number of amides is 2. The minimum absolute atomic E-state index is 0.0679. The van der Waals surface area contributed by atoms with Crippen molar-refractivity contribution in [2.75, 3.05) is 62.2 Å². The normalized spacial score (nSPS) is 23.6. The van der Waals surface area contributed by atoms with Crippen molar-refractivity contribution in [3.63, 3.8) is 0 Å². The largest absolute Gasteiger partial charge is 0.373 e. The number of hydrogen-bond donors (Lipinski definition) is 1. The van der Waals surface area contributed by atoms with Crippen LogP contribution in [0.1, 0.15) is 55.8 Å². The molecule has 2 atom stereocenters. The summed E-state index contributed by atoms with van der Waals surface area (Å²) in [6, 6.07) is 18.1. The summed E-state index contributed by atoms with van der Waals surface area (Å²) in [6.45, 7) is 6.96. The molecule has 2 unspecified atom stereocenters. The zero-order chi connectivity index (χ0) is 44.7. The van der Waals surface area contributed by atoms with Gasteiger partial charge in [-0.25, -0.2) is 23.9 Å². The lowest BCUT2D eigenvalue weighted by atomic mass is 9.90. The van der Waals surface area contributed by atoms with E-state index in [1.54, 1.807) is 22.8 Å². The number of benzene rings is 1. The van der Waals surface area contributed by atoms with Crippen LogP contribution in [0.5, 0.6) is 0 Å². The summed E-state index contributed by atoms with van der Waals surface area (Å²) in [7, 11) is 0. The van der Waals surface area contributed by atoms with Gasteiger partial charge in [-0.2, -0.15) is 15.5 Å². The lowest BCUT2D eigenvalue weighted by Crippen LogP contribution is -2.51. The number of morpholine rings is 1. The number of nitrogens with one attached hydrogen (secondary N) is 1. The third-order valence-corrected chi connectivity index (χ3v) is 13.8. The number of halogens is 1. The van der Waals surface area contributed by atoms with E-state index < -0.39 is 5.91 Å². The van der Waals surface area contributed by atoms with Gasteiger partial charge in [-0.05, 0) is 62.1 Å². The van der Waals surface area contributed by atoms with Crippen LogP contribution in [-0.4, -0.2) is 132 Å². The number of pyridine rings is 2. The molecule has 2 bridgehead atoms. The molecule has 6 aromatic rings. The highest BCUT2D eigenvalue weighted by Gasteiger charge is 2.37. The molecule has 2 amide bonds. The third kappa shape index (κ3) is 8.41. The molecule has 0 spiro atoms. The monoisotopic (exact) mass is 888 g/mol. The highest BCUT2D eigenvalue weighted by Crippen LogP contribution is 2.35. The van der Waals surface area contributed by atoms with Crippen LogP contribution in [0.2, 0.25) is 0 Å². The summed E-state index contributed by atoms with van der Waals surface area (Å²) in [4.78, 5) is 51.9. The van der Waals surface area contributed by atoms with Crippen LogP contribution in [0.25, 0.3) is 28.0 Å². The highest BCUT2D eigenvalue weighted by molar-refractivity contribution is 6.43. The van der Waals surface area contributed by atoms with E-state index in [4.69, 9.17) is 19.8 Å². The summed E-state index contributed by atoms with van der Waals surface area (Å²) in [5, 5.41) is 21.7. The maximum Gasteiger partial charge on any atom is 0.272 e. The number of fused-ring (bicyclic) bond motifs is 5. The molecule has 336 valence electrons. The zero-order valence-electron chi connectivity index (χ0n) is 36.4. The van der Waals surface area contributed by atoms with Crippen molar-refractivity contribution in [2.45, 2.75) is 69.3 Å². The van der Waals surface area contributed by atoms with Gasteiger partial charge in [-0.15, -0.1) is 0 Å². The maximum atomic E-state index is 15.3. The average Bonchev–Trinajstić information content (AvgIpc) is 3.92. The molecule has 10 heterocycles. The van der Waals surface area contributed by atoms with Crippen molar-refractivity contribution in [1.29, 1.82) is 5.26 Å². The number of anilines is 2. The molecule has 5 aromatic heterocycles. The Bertz CT molecular complexity index is 2840. The van der Waals surface area contributed by atoms with Crippen LogP contribution in [0.3, 0.4) is 0 Å². The van der Waals surface area contributed by atoms with Gasteiger partial charge in [-0.1, -0.05) is 6.07 Å². The lowest BCUT2D eigenvalue weighted by molar-refractivity contribution is -0.128. The number of aromatic nitrogens is 7. The molecule has 6 aliphatic rings. The van der Waals surface area contributed by atoms with Gasteiger partial charge in [-0.3, -0.25) is 34.4 Å². The van der Waals surface area contributed by atoms with Gasteiger partial charge in [0.1, 0.15) is 34.5 Å². The van der Waals surface area contributed by atoms with Gasteiger partial charge < -0.3 is 14.5 Å². The number of piperazine rings is 1. The Balaban J connectivity index is 0.729. The number of aliphatic imine (C=N–C) groups is 1. The van der Waals surface area contributed by atoms with Crippen molar-refractivity contribution in [3.8, 4) is 28.6 Å². The lowest BCUT2D eigenvalue weighted by Gasteiger charge is -2.42. The van der Waals surface area contributed by atoms with E-state index in [0.29, 0.717) is 59.6 Å². The van der Waals surface area contributed by atoms with E-state index in [2.05, 4.69) is 63.0 Å². The van der Waals surface area contributed by atoms with Crippen molar-refractivity contribution in [2.24, 2.45) is 4.99 Å². The molecule has 66 heavy (non-hydrogen) atoms. The molecule has 0 radical (unpaired) electrons. The Morgan fingerprint density at radius 1 is 0.848 bits per heavy atom. The van der Waals surface area contributed by atoms with E-state index in [0.717, 1.165) is 87.6 Å². The molecule has 6 fully saturated rings.